The van der Waals surface area contributed by atoms with Crippen molar-refractivity contribution in [2.75, 3.05) is 12.4 Å². The van der Waals surface area contributed by atoms with Crippen LogP contribution >= 0.6 is 0 Å². The topological polar surface area (TPSA) is 44.6 Å². The summed E-state index contributed by atoms with van der Waals surface area (Å²) in [5, 5.41) is 14.4. The van der Waals surface area contributed by atoms with Crippen LogP contribution in [0.2, 0.25) is 0 Å². The average molecular weight is 375 g/mol. The van der Waals surface area contributed by atoms with Crippen LogP contribution in [0.25, 0.3) is 0 Å². The van der Waals surface area contributed by atoms with E-state index in [1.165, 1.54) is 43.2 Å². The van der Waals surface area contributed by atoms with Crippen molar-refractivity contribution in [3.63, 3.8) is 0 Å². The van der Waals surface area contributed by atoms with Crippen LogP contribution in [-0.2, 0) is 0 Å². The van der Waals surface area contributed by atoms with Crippen molar-refractivity contribution in [3.8, 4) is 5.75 Å². The zero-order valence-corrected chi connectivity index (χ0v) is 16.9. The molecule has 6 rings (SSSR count). The molecule has 0 saturated heterocycles. The molecule has 4 fully saturated rings. The second-order valence-corrected chi connectivity index (χ2v) is 9.27. The van der Waals surface area contributed by atoms with Crippen LogP contribution in [0.1, 0.15) is 54.7 Å². The molecule has 3 nitrogen and oxygen atoms in total. The van der Waals surface area contributed by atoms with Gasteiger partial charge in [0, 0.05) is 18.8 Å². The van der Waals surface area contributed by atoms with E-state index in [2.05, 4.69) is 29.4 Å². The van der Waals surface area contributed by atoms with Crippen LogP contribution in [0.3, 0.4) is 0 Å². The molecule has 0 unspecified atom stereocenters. The number of phenols is 1. The maximum absolute atomic E-state index is 11.2. The number of phenolic OH excluding ortho intramolecular Hbond substituents is 1. The number of aromatic hydroxyl groups is 1. The third-order valence-corrected chi connectivity index (χ3v) is 7.42. The Morgan fingerprint density at radius 1 is 1.00 bits per heavy atom. The Bertz CT molecular complexity index is 889. The van der Waals surface area contributed by atoms with E-state index in [-0.39, 0.29) is 0 Å². The number of rotatable bonds is 4. The fourth-order valence-corrected chi connectivity index (χ4v) is 6.56. The third-order valence-electron chi connectivity index (χ3n) is 7.42. The van der Waals surface area contributed by atoms with Gasteiger partial charge in [0.25, 0.3) is 0 Å². The lowest BCUT2D eigenvalue weighted by atomic mass is 9.50. The van der Waals surface area contributed by atoms with Crippen molar-refractivity contribution in [2.24, 2.45) is 28.7 Å². The average Bonchev–Trinajstić information content (AvgIpc) is 2.68. The van der Waals surface area contributed by atoms with Crippen molar-refractivity contribution in [3.05, 3.63) is 53.1 Å². The van der Waals surface area contributed by atoms with Crippen molar-refractivity contribution in [1.29, 1.82) is 0 Å². The summed E-state index contributed by atoms with van der Waals surface area (Å²) in [4.78, 5) is 4.68. The lowest BCUT2D eigenvalue weighted by Crippen LogP contribution is -2.43. The van der Waals surface area contributed by atoms with Gasteiger partial charge in [-0.05, 0) is 97.9 Å². The number of benzene rings is 2. The summed E-state index contributed by atoms with van der Waals surface area (Å²) >= 11 is 0. The van der Waals surface area contributed by atoms with Crippen LogP contribution < -0.4 is 5.32 Å². The molecule has 4 aliphatic carbocycles. The smallest absolute Gasteiger partial charge is 0.127 e. The minimum absolute atomic E-state index is 0.453. The standard InChI is InChI=1S/C25H30N2O/c1-15-7-20(14-27-23-6-4-3-5-22(23)26-2)25(28)21(8-15)24-18-10-16-9-17(12-18)13-19(24)11-16/h3-8,14,16-19,24,26,28H,9-13H2,1-2H3. The van der Waals surface area contributed by atoms with Gasteiger partial charge in [0.1, 0.15) is 5.75 Å². The first-order valence-corrected chi connectivity index (χ1v) is 10.8. The van der Waals surface area contributed by atoms with Crippen LogP contribution in [-0.4, -0.2) is 18.4 Å². The summed E-state index contributed by atoms with van der Waals surface area (Å²) in [6.45, 7) is 2.14. The van der Waals surface area contributed by atoms with Gasteiger partial charge in [-0.15, -0.1) is 0 Å². The Kier molecular flexibility index (Phi) is 4.41. The molecule has 4 saturated carbocycles. The van der Waals surface area contributed by atoms with Gasteiger partial charge < -0.3 is 10.4 Å². The largest absolute Gasteiger partial charge is 0.507 e. The van der Waals surface area contributed by atoms with E-state index in [0.717, 1.165) is 40.6 Å². The Morgan fingerprint density at radius 2 is 1.68 bits per heavy atom. The van der Waals surface area contributed by atoms with E-state index in [4.69, 9.17) is 0 Å². The van der Waals surface area contributed by atoms with Crippen molar-refractivity contribution >= 4 is 17.6 Å². The van der Waals surface area contributed by atoms with Gasteiger partial charge in [0.15, 0.2) is 0 Å². The maximum atomic E-state index is 11.2. The number of hydrogen-bond acceptors (Lipinski definition) is 3. The third kappa shape index (κ3) is 3.01. The summed E-state index contributed by atoms with van der Waals surface area (Å²) in [6, 6.07) is 12.3. The monoisotopic (exact) mass is 374 g/mol. The molecule has 2 aromatic rings. The highest BCUT2D eigenvalue weighted by atomic mass is 16.3. The van der Waals surface area contributed by atoms with E-state index >= 15 is 0 Å². The summed E-state index contributed by atoms with van der Waals surface area (Å²) in [5.74, 6) is 4.41. The number of aryl methyl sites for hydroxylation is 1. The van der Waals surface area contributed by atoms with Gasteiger partial charge >= 0.3 is 0 Å². The summed E-state index contributed by atoms with van der Waals surface area (Å²) in [5.41, 5.74) is 5.12. The Balaban J connectivity index is 1.50. The van der Waals surface area contributed by atoms with Crippen LogP contribution in [0.4, 0.5) is 11.4 Å². The van der Waals surface area contributed by atoms with E-state index < -0.39 is 0 Å². The van der Waals surface area contributed by atoms with Gasteiger partial charge in [0.2, 0.25) is 0 Å². The molecule has 2 N–H and O–H groups in total. The number of para-hydroxylation sites is 2. The zero-order valence-electron chi connectivity index (χ0n) is 16.9. The minimum Gasteiger partial charge on any atom is -0.507 e. The molecular formula is C25H30N2O. The molecule has 3 heteroatoms. The summed E-state index contributed by atoms with van der Waals surface area (Å²) in [7, 11) is 1.91. The predicted molar refractivity (Wildman–Crippen MR) is 116 cm³/mol. The van der Waals surface area contributed by atoms with Gasteiger partial charge in [-0.1, -0.05) is 18.2 Å². The number of hydrogen-bond donors (Lipinski definition) is 2. The van der Waals surface area contributed by atoms with Gasteiger partial charge in [-0.3, -0.25) is 4.99 Å². The molecule has 2 aromatic carbocycles. The first kappa shape index (κ1) is 17.8. The number of aliphatic imine (C=N–C) groups is 1. The molecule has 0 amide bonds. The van der Waals surface area contributed by atoms with Crippen LogP contribution in [0.5, 0.6) is 5.75 Å². The second-order valence-electron chi connectivity index (χ2n) is 9.27. The van der Waals surface area contributed by atoms with Crippen LogP contribution in [0, 0.1) is 30.6 Å². The van der Waals surface area contributed by atoms with Crippen LogP contribution in [0.15, 0.2) is 41.4 Å². The Labute approximate surface area is 167 Å². The lowest BCUT2D eigenvalue weighted by Gasteiger charge is -2.54. The van der Waals surface area contributed by atoms with Gasteiger partial charge in [-0.2, -0.15) is 0 Å². The molecule has 28 heavy (non-hydrogen) atoms. The van der Waals surface area contributed by atoms with E-state index in [0.29, 0.717) is 11.7 Å². The van der Waals surface area contributed by atoms with E-state index in [1.807, 2.05) is 37.5 Å². The summed E-state index contributed by atoms with van der Waals surface area (Å²) < 4.78 is 0. The number of nitrogens with one attached hydrogen (secondary N) is 1. The van der Waals surface area contributed by atoms with Gasteiger partial charge in [0.05, 0.1) is 11.4 Å². The normalized spacial score (nSPS) is 30.9. The highest BCUT2D eigenvalue weighted by Gasteiger charge is 2.49. The fourth-order valence-electron chi connectivity index (χ4n) is 6.56. The van der Waals surface area contributed by atoms with Crippen molar-refractivity contribution < 1.29 is 5.11 Å². The Morgan fingerprint density at radius 3 is 2.36 bits per heavy atom. The second kappa shape index (κ2) is 6.95. The molecule has 0 aliphatic heterocycles. The molecule has 4 bridgehead atoms. The first-order valence-electron chi connectivity index (χ1n) is 10.8. The van der Waals surface area contributed by atoms with Crippen molar-refractivity contribution in [1.82, 2.24) is 0 Å². The van der Waals surface area contributed by atoms with Gasteiger partial charge in [-0.25, -0.2) is 0 Å². The number of nitrogens with zero attached hydrogens (tertiary/aromatic N) is 1. The molecule has 0 spiro atoms. The quantitative estimate of drug-likeness (QED) is 0.642. The first-order chi connectivity index (χ1) is 13.6. The highest BCUT2D eigenvalue weighted by Crippen LogP contribution is 2.60. The maximum Gasteiger partial charge on any atom is 0.127 e. The minimum atomic E-state index is 0.453. The molecule has 0 atom stereocenters. The molecule has 0 heterocycles. The molecule has 0 aromatic heterocycles. The molecule has 0 radical (unpaired) electrons. The molecular weight excluding hydrogens is 344 g/mol. The van der Waals surface area contributed by atoms with E-state index in [9.17, 15) is 5.11 Å². The highest BCUT2D eigenvalue weighted by molar-refractivity contribution is 5.88. The SMILES string of the molecule is CNc1ccccc1N=Cc1cc(C)cc(C2C3CC4CC(C3)CC2C4)c1O. The van der Waals surface area contributed by atoms with E-state index in [1.54, 1.807) is 0 Å². The lowest BCUT2D eigenvalue weighted by molar-refractivity contribution is -0.00349. The summed E-state index contributed by atoms with van der Waals surface area (Å²) in [6.07, 6.45) is 8.75. The Hall–Kier alpha value is -2.29. The molecule has 4 aliphatic rings. The predicted octanol–water partition coefficient (Wildman–Crippen LogP) is 6.03. The fraction of sp³-hybridized carbons (Fsp3) is 0.480. The molecule has 146 valence electrons. The van der Waals surface area contributed by atoms with Crippen molar-refractivity contribution in [2.45, 2.75) is 44.9 Å². The number of anilines is 1. The zero-order chi connectivity index (χ0) is 19.3.